The van der Waals surface area contributed by atoms with E-state index in [-0.39, 0.29) is 17.5 Å². The zero-order valence-corrected chi connectivity index (χ0v) is 9.96. The Bertz CT molecular complexity index is 199. The van der Waals surface area contributed by atoms with Crippen LogP contribution in [0.15, 0.2) is 12.2 Å². The molecule has 0 aliphatic heterocycles. The molecular weight excluding hydrogens is 176 g/mol. The Labute approximate surface area is 87.3 Å². The average molecular weight is 198 g/mol. The summed E-state index contributed by atoms with van der Waals surface area (Å²) in [4.78, 5) is 10.9. The van der Waals surface area contributed by atoms with Crippen molar-refractivity contribution in [2.75, 3.05) is 0 Å². The number of ether oxygens (including phenoxy) is 1. The zero-order chi connectivity index (χ0) is 11.2. The van der Waals surface area contributed by atoms with Crippen LogP contribution in [0.1, 0.15) is 47.5 Å². The van der Waals surface area contributed by atoms with E-state index in [1.54, 1.807) is 0 Å². The van der Waals surface area contributed by atoms with Crippen LogP contribution >= 0.6 is 0 Å². The van der Waals surface area contributed by atoms with E-state index in [9.17, 15) is 4.79 Å². The van der Waals surface area contributed by atoms with E-state index in [1.165, 1.54) is 6.92 Å². The molecule has 0 aliphatic rings. The van der Waals surface area contributed by atoms with Gasteiger partial charge in [-0.25, -0.2) is 0 Å². The van der Waals surface area contributed by atoms with E-state index in [0.29, 0.717) is 0 Å². The van der Waals surface area contributed by atoms with Crippen molar-refractivity contribution < 1.29 is 9.53 Å². The fourth-order valence-electron chi connectivity index (χ4n) is 1.17. The van der Waals surface area contributed by atoms with Gasteiger partial charge in [-0.15, -0.1) is 0 Å². The Morgan fingerprint density at radius 2 is 1.93 bits per heavy atom. The van der Waals surface area contributed by atoms with Gasteiger partial charge in [0.1, 0.15) is 6.10 Å². The lowest BCUT2D eigenvalue weighted by molar-refractivity contribution is -0.151. The second-order valence-electron chi connectivity index (χ2n) is 4.58. The first-order chi connectivity index (χ1) is 6.38. The van der Waals surface area contributed by atoms with Crippen LogP contribution in [0, 0.1) is 5.41 Å². The summed E-state index contributed by atoms with van der Waals surface area (Å²) in [6.45, 7) is 9.80. The van der Waals surface area contributed by atoms with E-state index in [1.807, 2.05) is 0 Å². The monoisotopic (exact) mass is 198 g/mol. The SMILES string of the molecule is CCC=CCC(OC(C)=O)C(C)(C)C. The van der Waals surface area contributed by atoms with Gasteiger partial charge in [0.05, 0.1) is 0 Å². The first-order valence-corrected chi connectivity index (χ1v) is 5.20. The third kappa shape index (κ3) is 5.79. The van der Waals surface area contributed by atoms with Gasteiger partial charge in [-0.3, -0.25) is 4.79 Å². The lowest BCUT2D eigenvalue weighted by Crippen LogP contribution is -2.30. The van der Waals surface area contributed by atoms with E-state index in [4.69, 9.17) is 4.74 Å². The van der Waals surface area contributed by atoms with Crippen LogP contribution in [-0.2, 0) is 9.53 Å². The van der Waals surface area contributed by atoms with Gasteiger partial charge >= 0.3 is 5.97 Å². The summed E-state index contributed by atoms with van der Waals surface area (Å²) >= 11 is 0. The molecule has 0 saturated heterocycles. The number of rotatable bonds is 4. The predicted molar refractivity (Wildman–Crippen MR) is 59.1 cm³/mol. The van der Waals surface area contributed by atoms with Gasteiger partial charge in [-0.2, -0.15) is 0 Å². The smallest absolute Gasteiger partial charge is 0.302 e. The molecule has 0 heterocycles. The van der Waals surface area contributed by atoms with Crippen LogP contribution < -0.4 is 0 Å². The van der Waals surface area contributed by atoms with Gasteiger partial charge in [0.15, 0.2) is 0 Å². The molecule has 1 atom stereocenters. The maximum Gasteiger partial charge on any atom is 0.302 e. The summed E-state index contributed by atoms with van der Waals surface area (Å²) in [5, 5.41) is 0. The topological polar surface area (TPSA) is 26.3 Å². The van der Waals surface area contributed by atoms with Crippen molar-refractivity contribution in [3.05, 3.63) is 12.2 Å². The third-order valence-electron chi connectivity index (χ3n) is 2.03. The van der Waals surface area contributed by atoms with Crippen LogP contribution in [0.4, 0.5) is 0 Å². The van der Waals surface area contributed by atoms with Crippen LogP contribution in [0.25, 0.3) is 0 Å². The van der Waals surface area contributed by atoms with Crippen molar-refractivity contribution in [1.29, 1.82) is 0 Å². The summed E-state index contributed by atoms with van der Waals surface area (Å²) in [5.41, 5.74) is 0.00372. The first-order valence-electron chi connectivity index (χ1n) is 5.20. The second kappa shape index (κ2) is 5.84. The highest BCUT2D eigenvalue weighted by molar-refractivity contribution is 5.66. The molecule has 0 aromatic heterocycles. The molecule has 0 rings (SSSR count). The number of hydrogen-bond acceptors (Lipinski definition) is 2. The van der Waals surface area contributed by atoms with Crippen LogP contribution in [0.2, 0.25) is 0 Å². The summed E-state index contributed by atoms with van der Waals surface area (Å²) in [7, 11) is 0. The Hall–Kier alpha value is -0.790. The molecule has 0 saturated carbocycles. The minimum absolute atomic E-state index is 0.00372. The fraction of sp³-hybridized carbons (Fsp3) is 0.750. The normalized spacial score (nSPS) is 14.4. The Kier molecular flexibility index (Phi) is 5.51. The van der Waals surface area contributed by atoms with Crippen molar-refractivity contribution >= 4 is 5.97 Å². The molecule has 0 aliphatic carbocycles. The molecule has 0 bridgehead atoms. The molecule has 1 unspecified atom stereocenters. The van der Waals surface area contributed by atoms with Crippen molar-refractivity contribution in [2.24, 2.45) is 5.41 Å². The number of esters is 1. The van der Waals surface area contributed by atoms with Gasteiger partial charge < -0.3 is 4.74 Å². The fourth-order valence-corrected chi connectivity index (χ4v) is 1.17. The van der Waals surface area contributed by atoms with Crippen molar-refractivity contribution in [3.63, 3.8) is 0 Å². The molecular formula is C12H22O2. The van der Waals surface area contributed by atoms with Gasteiger partial charge in [-0.1, -0.05) is 39.8 Å². The quantitative estimate of drug-likeness (QED) is 0.511. The van der Waals surface area contributed by atoms with Crippen LogP contribution in [0.3, 0.4) is 0 Å². The van der Waals surface area contributed by atoms with Gasteiger partial charge in [-0.05, 0) is 11.8 Å². The zero-order valence-electron chi connectivity index (χ0n) is 9.96. The molecule has 0 aromatic carbocycles. The Morgan fingerprint density at radius 3 is 2.29 bits per heavy atom. The van der Waals surface area contributed by atoms with Crippen LogP contribution in [-0.4, -0.2) is 12.1 Å². The van der Waals surface area contributed by atoms with Crippen molar-refractivity contribution in [1.82, 2.24) is 0 Å². The standard InChI is InChI=1S/C12H22O2/c1-6-7-8-9-11(12(3,4)5)14-10(2)13/h7-8,11H,6,9H2,1-5H3. The maximum atomic E-state index is 10.9. The van der Waals surface area contributed by atoms with Gasteiger partial charge in [0.2, 0.25) is 0 Å². The van der Waals surface area contributed by atoms with Crippen LogP contribution in [0.5, 0.6) is 0 Å². The molecule has 0 N–H and O–H groups in total. The van der Waals surface area contributed by atoms with E-state index >= 15 is 0 Å². The van der Waals surface area contributed by atoms with E-state index < -0.39 is 0 Å². The van der Waals surface area contributed by atoms with Crippen molar-refractivity contribution in [2.45, 2.75) is 53.6 Å². The van der Waals surface area contributed by atoms with E-state index in [2.05, 4.69) is 39.8 Å². The van der Waals surface area contributed by atoms with Crippen molar-refractivity contribution in [3.8, 4) is 0 Å². The summed E-state index contributed by atoms with van der Waals surface area (Å²) in [5.74, 6) is -0.199. The number of carbonyl (C=O) groups excluding carboxylic acids is 1. The molecule has 0 radical (unpaired) electrons. The summed E-state index contributed by atoms with van der Waals surface area (Å²) in [6.07, 6.45) is 5.98. The van der Waals surface area contributed by atoms with E-state index in [0.717, 1.165) is 12.8 Å². The number of hydrogen-bond donors (Lipinski definition) is 0. The predicted octanol–water partition coefficient (Wildman–Crippen LogP) is 3.32. The summed E-state index contributed by atoms with van der Waals surface area (Å²) in [6, 6.07) is 0. The molecule has 14 heavy (non-hydrogen) atoms. The summed E-state index contributed by atoms with van der Waals surface area (Å²) < 4.78 is 5.27. The minimum atomic E-state index is -0.199. The molecule has 0 spiro atoms. The molecule has 2 heteroatoms. The molecule has 82 valence electrons. The van der Waals surface area contributed by atoms with Gasteiger partial charge in [0, 0.05) is 13.3 Å². The number of allylic oxidation sites excluding steroid dienone is 1. The Morgan fingerprint density at radius 1 is 1.36 bits per heavy atom. The largest absolute Gasteiger partial charge is 0.462 e. The van der Waals surface area contributed by atoms with Gasteiger partial charge in [0.25, 0.3) is 0 Å². The highest BCUT2D eigenvalue weighted by atomic mass is 16.5. The molecule has 0 amide bonds. The lowest BCUT2D eigenvalue weighted by atomic mass is 9.87. The second-order valence-corrected chi connectivity index (χ2v) is 4.58. The molecule has 0 fully saturated rings. The average Bonchev–Trinajstić information content (AvgIpc) is 2.00. The highest BCUT2D eigenvalue weighted by Crippen LogP contribution is 2.25. The first kappa shape index (κ1) is 13.2. The number of carbonyl (C=O) groups is 1. The molecule has 0 aromatic rings. The minimum Gasteiger partial charge on any atom is -0.462 e. The highest BCUT2D eigenvalue weighted by Gasteiger charge is 2.25. The lowest BCUT2D eigenvalue weighted by Gasteiger charge is -2.29. The Balaban J connectivity index is 4.26. The third-order valence-corrected chi connectivity index (χ3v) is 2.03. The molecule has 2 nitrogen and oxygen atoms in total. The maximum absolute atomic E-state index is 10.9.